The van der Waals surface area contributed by atoms with Gasteiger partial charge in [0.2, 0.25) is 0 Å². The third-order valence-electron chi connectivity index (χ3n) is 3.91. The Hall–Kier alpha value is -2.49. The molecule has 0 aromatic heterocycles. The highest BCUT2D eigenvalue weighted by molar-refractivity contribution is 5.96. The van der Waals surface area contributed by atoms with Crippen molar-refractivity contribution in [3.63, 3.8) is 0 Å². The van der Waals surface area contributed by atoms with Gasteiger partial charge in [-0.1, -0.05) is 32.6 Å². The minimum Gasteiger partial charge on any atom is -0.465 e. The Morgan fingerprint density at radius 2 is 2.17 bits per heavy atom. The Morgan fingerprint density at radius 1 is 1.48 bits per heavy atom. The number of nitrogens with two attached hydrogens (primary N) is 1. The average molecular weight is 314 g/mol. The number of methoxy groups -OCH3 is 1. The van der Waals surface area contributed by atoms with E-state index in [0.29, 0.717) is 17.2 Å². The van der Waals surface area contributed by atoms with Crippen molar-refractivity contribution in [2.24, 2.45) is 5.92 Å². The van der Waals surface area contributed by atoms with E-state index in [9.17, 15) is 4.79 Å². The van der Waals surface area contributed by atoms with E-state index in [1.807, 2.05) is 18.2 Å². The molecule has 1 aromatic carbocycles. The molecule has 0 aliphatic heterocycles. The zero-order chi connectivity index (χ0) is 17.4. The molecule has 0 spiro atoms. The predicted molar refractivity (Wildman–Crippen MR) is 97.3 cm³/mol. The molecule has 3 N–H and O–H groups in total. The summed E-state index contributed by atoms with van der Waals surface area (Å²) in [6.45, 7) is 10.1. The molecule has 0 aliphatic carbocycles. The van der Waals surface area contributed by atoms with Crippen LogP contribution >= 0.6 is 0 Å². The van der Waals surface area contributed by atoms with Gasteiger partial charge < -0.3 is 15.8 Å². The van der Waals surface area contributed by atoms with Gasteiger partial charge in [-0.25, -0.2) is 4.79 Å². The van der Waals surface area contributed by atoms with Gasteiger partial charge in [-0.2, -0.15) is 0 Å². The zero-order valence-electron chi connectivity index (χ0n) is 14.3. The summed E-state index contributed by atoms with van der Waals surface area (Å²) in [4.78, 5) is 11.8. The fraction of sp³-hybridized carbons (Fsp3) is 0.316. The summed E-state index contributed by atoms with van der Waals surface area (Å²) in [6, 6.07) is 5.24. The molecule has 0 radical (unpaired) electrons. The molecular formula is C19H26N2O2. The number of hydrogen-bond donors (Lipinski definition) is 2. The Morgan fingerprint density at radius 3 is 2.74 bits per heavy atom. The van der Waals surface area contributed by atoms with E-state index in [2.05, 4.69) is 32.7 Å². The third kappa shape index (κ3) is 5.02. The van der Waals surface area contributed by atoms with Crippen LogP contribution in [0, 0.1) is 5.92 Å². The van der Waals surface area contributed by atoms with E-state index in [-0.39, 0.29) is 0 Å². The molecule has 23 heavy (non-hydrogen) atoms. The molecule has 1 unspecified atom stereocenters. The molecule has 0 heterocycles. The van der Waals surface area contributed by atoms with E-state index in [1.165, 1.54) is 12.7 Å². The van der Waals surface area contributed by atoms with Gasteiger partial charge in [0.05, 0.1) is 12.7 Å². The van der Waals surface area contributed by atoms with Crippen molar-refractivity contribution >= 4 is 17.3 Å². The Labute approximate surface area is 138 Å². The summed E-state index contributed by atoms with van der Waals surface area (Å²) in [7, 11) is 1.34. The summed E-state index contributed by atoms with van der Waals surface area (Å²) in [5.41, 5.74) is 9.59. The molecule has 0 saturated heterocycles. The lowest BCUT2D eigenvalue weighted by Gasteiger charge is -2.17. The van der Waals surface area contributed by atoms with Crippen LogP contribution in [0.4, 0.5) is 11.4 Å². The SMILES string of the molecule is C=C/C=C\C(Nc1ccc(N)c(C(=O)OC)c1)=C(/C)C(C)CC. The van der Waals surface area contributed by atoms with Crippen molar-refractivity contribution in [3.8, 4) is 0 Å². The van der Waals surface area contributed by atoms with Crippen LogP contribution in [0.25, 0.3) is 0 Å². The highest BCUT2D eigenvalue weighted by Crippen LogP contribution is 2.24. The van der Waals surface area contributed by atoms with Crippen LogP contribution < -0.4 is 11.1 Å². The number of carbonyl (C=O) groups excluding carboxylic acids is 1. The summed E-state index contributed by atoms with van der Waals surface area (Å²) in [6.07, 6.45) is 6.64. The Balaban J connectivity index is 3.21. The van der Waals surface area contributed by atoms with Crippen molar-refractivity contribution < 1.29 is 9.53 Å². The van der Waals surface area contributed by atoms with Crippen molar-refractivity contribution in [1.82, 2.24) is 0 Å². The molecule has 0 bridgehead atoms. The van der Waals surface area contributed by atoms with Crippen LogP contribution in [0.1, 0.15) is 37.6 Å². The number of carbonyl (C=O) groups is 1. The van der Waals surface area contributed by atoms with Crippen LogP contribution in [0.15, 0.2) is 54.3 Å². The number of esters is 1. The zero-order valence-corrected chi connectivity index (χ0v) is 14.3. The second-order valence-corrected chi connectivity index (χ2v) is 5.42. The van der Waals surface area contributed by atoms with Crippen LogP contribution in [0.2, 0.25) is 0 Å². The molecular weight excluding hydrogens is 288 g/mol. The lowest BCUT2D eigenvalue weighted by atomic mass is 9.97. The first-order valence-corrected chi connectivity index (χ1v) is 7.69. The molecule has 1 atom stereocenters. The first kappa shape index (κ1) is 18.6. The minimum atomic E-state index is -0.447. The van der Waals surface area contributed by atoms with Gasteiger partial charge in [0, 0.05) is 17.1 Å². The predicted octanol–water partition coefficient (Wildman–Crippen LogP) is 4.53. The molecule has 0 aliphatic rings. The van der Waals surface area contributed by atoms with Crippen LogP contribution in [-0.2, 0) is 4.74 Å². The van der Waals surface area contributed by atoms with Gasteiger partial charge >= 0.3 is 5.97 Å². The van der Waals surface area contributed by atoms with Gasteiger partial charge in [-0.3, -0.25) is 0 Å². The monoisotopic (exact) mass is 314 g/mol. The molecule has 124 valence electrons. The largest absolute Gasteiger partial charge is 0.465 e. The number of nitrogens with one attached hydrogen (secondary N) is 1. The summed E-state index contributed by atoms with van der Waals surface area (Å²) < 4.78 is 4.76. The summed E-state index contributed by atoms with van der Waals surface area (Å²) in [5.74, 6) is -0.00205. The lowest BCUT2D eigenvalue weighted by Crippen LogP contribution is -2.09. The highest BCUT2D eigenvalue weighted by atomic mass is 16.5. The number of benzene rings is 1. The van der Waals surface area contributed by atoms with Crippen LogP contribution in [-0.4, -0.2) is 13.1 Å². The Bertz CT molecular complexity index is 630. The molecule has 1 rings (SSSR count). The summed E-state index contributed by atoms with van der Waals surface area (Å²) >= 11 is 0. The smallest absolute Gasteiger partial charge is 0.340 e. The number of allylic oxidation sites excluding steroid dienone is 4. The highest BCUT2D eigenvalue weighted by Gasteiger charge is 2.12. The molecule has 0 fully saturated rings. The van der Waals surface area contributed by atoms with E-state index < -0.39 is 5.97 Å². The maximum atomic E-state index is 11.8. The maximum Gasteiger partial charge on any atom is 0.340 e. The van der Waals surface area contributed by atoms with E-state index in [1.54, 1.807) is 18.2 Å². The topological polar surface area (TPSA) is 64.3 Å². The average Bonchev–Trinajstić information content (AvgIpc) is 2.57. The van der Waals surface area contributed by atoms with Crippen LogP contribution in [0.3, 0.4) is 0 Å². The van der Waals surface area contributed by atoms with Crippen molar-refractivity contribution in [2.75, 3.05) is 18.2 Å². The van der Waals surface area contributed by atoms with E-state index >= 15 is 0 Å². The lowest BCUT2D eigenvalue weighted by molar-refractivity contribution is 0.0602. The standard InChI is InChI=1S/C19H26N2O2/c1-6-8-9-18(14(4)13(3)7-2)21-15-10-11-17(20)16(12-15)19(22)23-5/h6,8-13,21H,1,7,20H2,2-5H3/b9-8-,18-14-. The quantitative estimate of drug-likeness (QED) is 0.441. The van der Waals surface area contributed by atoms with Crippen molar-refractivity contribution in [1.29, 1.82) is 0 Å². The second kappa shape index (κ2) is 8.83. The third-order valence-corrected chi connectivity index (χ3v) is 3.91. The summed E-state index contributed by atoms with van der Waals surface area (Å²) in [5, 5.41) is 3.36. The number of rotatable bonds is 7. The number of ether oxygens (including phenoxy) is 1. The first-order chi connectivity index (χ1) is 10.9. The molecule has 1 aromatic rings. The van der Waals surface area contributed by atoms with Crippen molar-refractivity contribution in [2.45, 2.75) is 27.2 Å². The fourth-order valence-electron chi connectivity index (χ4n) is 2.08. The van der Waals surface area contributed by atoms with Gasteiger partial charge in [0.1, 0.15) is 0 Å². The number of nitrogen functional groups attached to an aromatic ring is 1. The van der Waals surface area contributed by atoms with Gasteiger partial charge in [0.15, 0.2) is 0 Å². The van der Waals surface area contributed by atoms with Gasteiger partial charge in [-0.15, -0.1) is 0 Å². The second-order valence-electron chi connectivity index (χ2n) is 5.42. The van der Waals surface area contributed by atoms with E-state index in [4.69, 9.17) is 10.5 Å². The van der Waals surface area contributed by atoms with Crippen molar-refractivity contribution in [3.05, 3.63) is 59.8 Å². The normalized spacial score (nSPS) is 13.4. The first-order valence-electron chi connectivity index (χ1n) is 7.69. The van der Waals surface area contributed by atoms with Crippen LogP contribution in [0.5, 0.6) is 0 Å². The molecule has 4 nitrogen and oxygen atoms in total. The minimum absolute atomic E-state index is 0.353. The molecule has 0 saturated carbocycles. The Kier molecular flexibility index (Phi) is 7.13. The number of anilines is 2. The number of hydrogen-bond acceptors (Lipinski definition) is 4. The maximum absolute atomic E-state index is 11.8. The molecule has 4 heteroatoms. The van der Waals surface area contributed by atoms with E-state index in [0.717, 1.165) is 17.8 Å². The molecule has 0 amide bonds. The fourth-order valence-corrected chi connectivity index (χ4v) is 2.08. The van der Waals surface area contributed by atoms with Gasteiger partial charge in [0.25, 0.3) is 0 Å². The van der Waals surface area contributed by atoms with Gasteiger partial charge in [-0.05, 0) is 49.1 Å².